The molecule has 12 heteroatoms. The van der Waals surface area contributed by atoms with Crippen LogP contribution in [0.5, 0.6) is 0 Å². The zero-order chi connectivity index (χ0) is 22.9. The van der Waals surface area contributed by atoms with Crippen LogP contribution in [0.25, 0.3) is 0 Å². The van der Waals surface area contributed by atoms with E-state index in [-0.39, 0.29) is 24.3 Å². The van der Waals surface area contributed by atoms with Gasteiger partial charge in [-0.25, -0.2) is 0 Å². The standard InChI is InChI=1S/C18H34N6O5S/c1-10(2)13(24-30)16(28)23-12(8-25)15(27)22-11(14(26)18(3)9-29-18)6-4-5-7-21-17(19)20/h10-13,24-25,30H,4-9H2,1-3H3,(H,22,27)(H,23,28)(H4,19,20,21)/t11-,12-,13-,18+/m0/s1. The fourth-order valence-electron chi connectivity index (χ4n) is 2.82. The number of carbonyl (C=O) groups excluding carboxylic acids is 3. The highest BCUT2D eigenvalue weighted by Gasteiger charge is 2.50. The van der Waals surface area contributed by atoms with Gasteiger partial charge in [-0.2, -0.15) is 0 Å². The van der Waals surface area contributed by atoms with Crippen molar-refractivity contribution in [3.63, 3.8) is 0 Å². The van der Waals surface area contributed by atoms with E-state index in [1.807, 2.05) is 13.8 Å². The number of epoxide rings is 1. The third-order valence-electron chi connectivity index (χ3n) is 4.87. The van der Waals surface area contributed by atoms with Gasteiger partial charge in [0, 0.05) is 6.54 Å². The summed E-state index contributed by atoms with van der Waals surface area (Å²) in [6, 6.07) is -2.68. The summed E-state index contributed by atoms with van der Waals surface area (Å²) in [5, 5.41) is 24.5. The molecule has 0 aromatic heterocycles. The number of unbranched alkanes of at least 4 members (excludes halogenated alkanes) is 1. The second-order valence-corrected chi connectivity index (χ2v) is 8.13. The Labute approximate surface area is 182 Å². The van der Waals surface area contributed by atoms with Crippen LogP contribution in [0, 0.1) is 11.3 Å². The van der Waals surface area contributed by atoms with Crippen molar-refractivity contribution in [1.82, 2.24) is 20.7 Å². The van der Waals surface area contributed by atoms with Crippen molar-refractivity contribution in [2.75, 3.05) is 19.8 Å². The first-order chi connectivity index (χ1) is 14.1. The molecular weight excluding hydrogens is 412 g/mol. The van der Waals surface area contributed by atoms with Crippen molar-refractivity contribution < 1.29 is 24.2 Å². The number of nitrogens with two attached hydrogens (primary N) is 1. The number of hydrogen-bond acceptors (Lipinski definition) is 8. The summed E-state index contributed by atoms with van der Waals surface area (Å²) in [5.74, 6) is -1.61. The van der Waals surface area contributed by atoms with Gasteiger partial charge in [0.1, 0.15) is 11.6 Å². The fraction of sp³-hybridized carbons (Fsp3) is 0.778. The molecule has 172 valence electrons. The lowest BCUT2D eigenvalue weighted by atomic mass is 9.96. The van der Waals surface area contributed by atoms with E-state index in [9.17, 15) is 19.5 Å². The first kappa shape index (κ1) is 26.1. The molecule has 1 aliphatic heterocycles. The van der Waals surface area contributed by atoms with Crippen molar-refractivity contribution in [1.29, 1.82) is 5.41 Å². The third kappa shape index (κ3) is 8.09. The van der Waals surface area contributed by atoms with Crippen LogP contribution in [-0.2, 0) is 19.1 Å². The first-order valence-electron chi connectivity index (χ1n) is 9.93. The third-order valence-corrected chi connectivity index (χ3v) is 5.15. The zero-order valence-electron chi connectivity index (χ0n) is 17.7. The Hall–Kier alpha value is -1.89. The van der Waals surface area contributed by atoms with E-state index in [1.165, 1.54) is 0 Å². The summed E-state index contributed by atoms with van der Waals surface area (Å²) >= 11 is 3.93. The molecule has 11 nitrogen and oxygen atoms in total. The van der Waals surface area contributed by atoms with E-state index < -0.39 is 42.1 Å². The molecule has 30 heavy (non-hydrogen) atoms. The summed E-state index contributed by atoms with van der Waals surface area (Å²) in [4.78, 5) is 37.7. The molecule has 1 rings (SSSR count). The normalized spacial score (nSPS) is 20.7. The summed E-state index contributed by atoms with van der Waals surface area (Å²) in [6.45, 7) is 5.42. The Bertz CT molecular complexity index is 628. The van der Waals surface area contributed by atoms with Gasteiger partial charge in [-0.3, -0.25) is 24.5 Å². The van der Waals surface area contributed by atoms with E-state index >= 15 is 0 Å². The monoisotopic (exact) mass is 446 g/mol. The van der Waals surface area contributed by atoms with Crippen LogP contribution >= 0.6 is 12.8 Å². The van der Waals surface area contributed by atoms with E-state index in [1.54, 1.807) is 6.92 Å². The van der Waals surface area contributed by atoms with Gasteiger partial charge in [0.15, 0.2) is 11.7 Å². The average Bonchev–Trinajstić information content (AvgIpc) is 3.42. The smallest absolute Gasteiger partial charge is 0.245 e. The number of ketones is 1. The molecule has 0 radical (unpaired) electrons. The molecule has 8 N–H and O–H groups in total. The maximum atomic E-state index is 12.7. The lowest BCUT2D eigenvalue weighted by molar-refractivity contribution is -0.134. The largest absolute Gasteiger partial charge is 0.394 e. The molecule has 0 aliphatic carbocycles. The number of aliphatic hydroxyl groups excluding tert-OH is 1. The number of aliphatic hydroxyl groups is 1. The Morgan fingerprint density at radius 3 is 2.27 bits per heavy atom. The Balaban J connectivity index is 2.72. The van der Waals surface area contributed by atoms with Crippen LogP contribution in [0.15, 0.2) is 0 Å². The van der Waals surface area contributed by atoms with Crippen molar-refractivity contribution >= 4 is 36.4 Å². The molecule has 0 saturated carbocycles. The molecule has 0 spiro atoms. The molecule has 0 aromatic carbocycles. The highest BCUT2D eigenvalue weighted by molar-refractivity contribution is 7.78. The van der Waals surface area contributed by atoms with Crippen molar-refractivity contribution in [3.8, 4) is 0 Å². The fourth-order valence-corrected chi connectivity index (χ4v) is 3.24. The van der Waals surface area contributed by atoms with Gasteiger partial charge in [-0.15, -0.1) is 0 Å². The number of hydrogen-bond donors (Lipinski definition) is 8. The van der Waals surface area contributed by atoms with Crippen LogP contribution in [0.1, 0.15) is 40.0 Å². The topological polar surface area (TPSA) is 182 Å². The van der Waals surface area contributed by atoms with Crippen LogP contribution in [0.2, 0.25) is 0 Å². The minimum absolute atomic E-state index is 0.0881. The lowest BCUT2D eigenvalue weighted by Gasteiger charge is -2.25. The number of amides is 2. The predicted molar refractivity (Wildman–Crippen MR) is 115 cm³/mol. The van der Waals surface area contributed by atoms with Gasteiger partial charge in [-0.1, -0.05) is 26.7 Å². The molecule has 1 fully saturated rings. The molecular formula is C18H34N6O5S. The minimum Gasteiger partial charge on any atom is -0.394 e. The van der Waals surface area contributed by atoms with Crippen molar-refractivity contribution in [2.45, 2.75) is 63.8 Å². The number of rotatable bonds is 14. The van der Waals surface area contributed by atoms with E-state index in [4.69, 9.17) is 15.9 Å². The number of carbonyl (C=O) groups is 3. The molecule has 0 unspecified atom stereocenters. The molecule has 0 aromatic rings. The molecule has 1 aliphatic rings. The Morgan fingerprint density at radius 1 is 1.20 bits per heavy atom. The zero-order valence-corrected chi connectivity index (χ0v) is 18.6. The highest BCUT2D eigenvalue weighted by Crippen LogP contribution is 2.29. The Morgan fingerprint density at radius 2 is 1.80 bits per heavy atom. The number of Topliss-reactive ketones (excluding diaryl/α,β-unsaturated/α-hetero) is 1. The number of guanidine groups is 1. The van der Waals surface area contributed by atoms with Gasteiger partial charge in [0.2, 0.25) is 11.8 Å². The predicted octanol–water partition coefficient (Wildman–Crippen LogP) is -1.58. The first-order valence-corrected chi connectivity index (χ1v) is 10.4. The quantitative estimate of drug-likeness (QED) is 0.0517. The number of thiol groups is 1. The van der Waals surface area contributed by atoms with Gasteiger partial charge >= 0.3 is 0 Å². The molecule has 4 atom stereocenters. The van der Waals surface area contributed by atoms with E-state index in [0.29, 0.717) is 25.8 Å². The van der Waals surface area contributed by atoms with Crippen LogP contribution < -0.4 is 26.4 Å². The SMILES string of the molecule is CC(C)[C@H](NS)C(=O)N[C@@H](CO)C(=O)N[C@@H](CCCCNC(=N)N)C(=O)[C@@]1(C)CO1. The van der Waals surface area contributed by atoms with Crippen molar-refractivity contribution in [2.24, 2.45) is 11.7 Å². The van der Waals surface area contributed by atoms with Gasteiger partial charge < -0.3 is 31.5 Å². The van der Waals surface area contributed by atoms with Crippen molar-refractivity contribution in [3.05, 3.63) is 0 Å². The Kier molecular flexibility index (Phi) is 10.5. The van der Waals surface area contributed by atoms with Crippen LogP contribution in [0.4, 0.5) is 0 Å². The highest BCUT2D eigenvalue weighted by atomic mass is 32.1. The van der Waals surface area contributed by atoms with Gasteiger partial charge in [0.05, 0.1) is 25.3 Å². The van der Waals surface area contributed by atoms with E-state index in [0.717, 1.165) is 0 Å². The average molecular weight is 447 g/mol. The summed E-state index contributed by atoms with van der Waals surface area (Å²) < 4.78 is 7.78. The summed E-state index contributed by atoms with van der Waals surface area (Å²) in [5.41, 5.74) is 4.30. The van der Waals surface area contributed by atoms with E-state index in [2.05, 4.69) is 33.5 Å². The molecule has 0 bridgehead atoms. The summed E-state index contributed by atoms with van der Waals surface area (Å²) in [6.07, 6.45) is 1.57. The molecule has 2 amide bonds. The molecule has 1 saturated heterocycles. The maximum Gasteiger partial charge on any atom is 0.245 e. The second kappa shape index (κ2) is 12.1. The van der Waals surface area contributed by atoms with Crippen LogP contribution in [0.3, 0.4) is 0 Å². The van der Waals surface area contributed by atoms with Gasteiger partial charge in [0.25, 0.3) is 0 Å². The maximum absolute atomic E-state index is 12.7. The molecule has 1 heterocycles. The van der Waals surface area contributed by atoms with Crippen LogP contribution in [-0.4, -0.2) is 72.1 Å². The number of ether oxygens (including phenoxy) is 1. The second-order valence-electron chi connectivity index (χ2n) is 7.88. The minimum atomic E-state index is -1.21. The summed E-state index contributed by atoms with van der Waals surface area (Å²) in [7, 11) is 0. The lowest BCUT2D eigenvalue weighted by Crippen LogP contribution is -2.57. The van der Waals surface area contributed by atoms with Gasteiger partial charge in [-0.05, 0) is 32.1 Å². The number of nitrogens with one attached hydrogen (secondary N) is 5.